The fourth-order valence-corrected chi connectivity index (χ4v) is 13.4. The number of para-hydroxylation sites is 2. The summed E-state index contributed by atoms with van der Waals surface area (Å²) in [4.78, 5) is 4.78. The van der Waals surface area contributed by atoms with Gasteiger partial charge < -0.3 is 9.80 Å². The van der Waals surface area contributed by atoms with Crippen LogP contribution in [0.25, 0.3) is 89.6 Å². The van der Waals surface area contributed by atoms with E-state index in [1.807, 2.05) is 0 Å². The Labute approximate surface area is 480 Å². The molecule has 0 aliphatic heterocycles. The first-order valence-corrected chi connectivity index (χ1v) is 28.7. The van der Waals surface area contributed by atoms with Crippen LogP contribution in [0.5, 0.6) is 0 Å². The maximum Gasteiger partial charge on any atom is 0.0468 e. The van der Waals surface area contributed by atoms with Crippen molar-refractivity contribution in [2.24, 2.45) is 0 Å². The largest absolute Gasteiger partial charge is 0.310 e. The lowest BCUT2D eigenvalue weighted by atomic mass is 9.81. The molecule has 0 radical (unpaired) electrons. The standard InChI is InChI=1S/C80H60N2/c1-79(2)75-47-55(29-41-71(75)73-43-37-67(51-77(73)79)81(63-19-7-5-8-20-63)65-35-33-57-15-11-13-17-59(57)49-65)25-23-53-27-39-69-61(45-53)31-32-62-46-54(28-40-70(62)69)24-26-56-30-42-72-74-44-38-68(52-78(74)80(3,4)76(72)48-56)82(64-21-9-6-10-22-64)66-36-34-58-16-12-14-18-60(58)50-66/h5-52H,1-4H3/b25-23+,26-24+. The average molecular weight is 1050 g/mol. The minimum atomic E-state index is -0.180. The summed E-state index contributed by atoms with van der Waals surface area (Å²) in [5.74, 6) is 0. The third-order valence-corrected chi connectivity index (χ3v) is 17.7. The molecule has 0 atom stereocenters. The highest BCUT2D eigenvalue weighted by molar-refractivity contribution is 6.09. The van der Waals surface area contributed by atoms with E-state index in [0.29, 0.717) is 0 Å². The van der Waals surface area contributed by atoms with Crippen molar-refractivity contribution in [2.45, 2.75) is 38.5 Å². The minimum absolute atomic E-state index is 0.180. The molecule has 2 nitrogen and oxygen atoms in total. The fraction of sp³-hybridized carbons (Fsp3) is 0.0750. The van der Waals surface area contributed by atoms with Crippen molar-refractivity contribution in [1.82, 2.24) is 0 Å². The van der Waals surface area contributed by atoms with Crippen LogP contribution < -0.4 is 9.80 Å². The third-order valence-electron chi connectivity index (χ3n) is 17.7. The van der Waals surface area contributed by atoms with E-state index in [2.05, 4.69) is 329 Å². The van der Waals surface area contributed by atoms with Crippen molar-refractivity contribution in [2.75, 3.05) is 9.80 Å². The number of nitrogens with zero attached hydrogens (tertiary/aromatic N) is 2. The molecule has 0 saturated heterocycles. The summed E-state index contributed by atoms with van der Waals surface area (Å²) in [5.41, 5.74) is 22.0. The molecule has 0 spiro atoms. The van der Waals surface area contributed by atoms with E-state index in [0.717, 1.165) is 34.1 Å². The van der Waals surface area contributed by atoms with E-state index in [-0.39, 0.29) is 10.8 Å². The smallest absolute Gasteiger partial charge is 0.0468 e. The summed E-state index contributed by atoms with van der Waals surface area (Å²) in [7, 11) is 0. The van der Waals surface area contributed by atoms with Crippen molar-refractivity contribution >= 4 is 102 Å². The number of hydrogen-bond donors (Lipinski definition) is 0. The number of fused-ring (bicyclic) bond motifs is 11. The van der Waals surface area contributed by atoms with Gasteiger partial charge in [-0.3, -0.25) is 0 Å². The lowest BCUT2D eigenvalue weighted by Gasteiger charge is -2.28. The van der Waals surface area contributed by atoms with Gasteiger partial charge in [-0.2, -0.15) is 0 Å². The Morgan fingerprint density at radius 1 is 0.232 bits per heavy atom. The zero-order chi connectivity index (χ0) is 55.1. The van der Waals surface area contributed by atoms with Gasteiger partial charge in [-0.25, -0.2) is 0 Å². The molecular formula is C80H60N2. The molecule has 0 fully saturated rings. The van der Waals surface area contributed by atoms with Crippen LogP contribution in [0.1, 0.15) is 72.2 Å². The summed E-state index contributed by atoms with van der Waals surface area (Å²) in [6, 6.07) is 98.6. The number of anilines is 6. The molecule has 390 valence electrons. The maximum atomic E-state index is 2.42. The van der Waals surface area contributed by atoms with Crippen LogP contribution >= 0.6 is 0 Å². The van der Waals surface area contributed by atoms with Gasteiger partial charge in [0, 0.05) is 45.0 Å². The topological polar surface area (TPSA) is 6.48 Å². The third kappa shape index (κ3) is 8.41. The van der Waals surface area contributed by atoms with Crippen LogP contribution in [0.3, 0.4) is 0 Å². The van der Waals surface area contributed by atoms with Crippen LogP contribution in [0.15, 0.2) is 267 Å². The first kappa shape index (κ1) is 49.1. The molecule has 2 heteroatoms. The van der Waals surface area contributed by atoms with Crippen LogP contribution in [0.2, 0.25) is 0 Å². The number of benzene rings is 13. The lowest BCUT2D eigenvalue weighted by Crippen LogP contribution is -2.16. The van der Waals surface area contributed by atoms with Gasteiger partial charge in [0.25, 0.3) is 0 Å². The molecule has 0 saturated carbocycles. The molecule has 0 bridgehead atoms. The average Bonchev–Trinajstić information content (AvgIpc) is 4.11. The van der Waals surface area contributed by atoms with Gasteiger partial charge >= 0.3 is 0 Å². The van der Waals surface area contributed by atoms with Crippen molar-refractivity contribution in [3.05, 3.63) is 311 Å². The van der Waals surface area contributed by atoms with Crippen LogP contribution in [-0.2, 0) is 10.8 Å². The molecule has 2 aliphatic rings. The highest BCUT2D eigenvalue weighted by atomic mass is 15.1. The predicted octanol–water partition coefficient (Wildman–Crippen LogP) is 22.2. The summed E-state index contributed by atoms with van der Waals surface area (Å²) in [6.07, 6.45) is 9.06. The highest BCUT2D eigenvalue weighted by Crippen LogP contribution is 2.53. The zero-order valence-corrected chi connectivity index (χ0v) is 46.6. The molecular weight excluding hydrogens is 989 g/mol. The SMILES string of the molecule is CC1(C)c2cc(/C=C/c3ccc4c(ccc5cc(/C=C/c6ccc7c(c6)C(C)(C)c6cc(N(c8ccccc8)c8ccc9ccccc9c8)ccc6-7)ccc54)c3)ccc2-c2ccc(N(c3ccccc3)c3ccc4ccccc4c3)cc21. The van der Waals surface area contributed by atoms with Crippen LogP contribution in [0.4, 0.5) is 34.1 Å². The fourth-order valence-electron chi connectivity index (χ4n) is 13.4. The first-order chi connectivity index (χ1) is 40.1. The van der Waals surface area contributed by atoms with E-state index >= 15 is 0 Å². The van der Waals surface area contributed by atoms with Crippen molar-refractivity contribution in [1.29, 1.82) is 0 Å². The van der Waals surface area contributed by atoms with Crippen molar-refractivity contribution in [3.63, 3.8) is 0 Å². The van der Waals surface area contributed by atoms with Gasteiger partial charge in [-0.1, -0.05) is 234 Å². The van der Waals surface area contributed by atoms with E-state index in [4.69, 9.17) is 0 Å². The van der Waals surface area contributed by atoms with Gasteiger partial charge in [0.1, 0.15) is 0 Å². The monoisotopic (exact) mass is 1050 g/mol. The van der Waals surface area contributed by atoms with Gasteiger partial charge in [0.15, 0.2) is 0 Å². The van der Waals surface area contributed by atoms with Crippen LogP contribution in [0, 0.1) is 0 Å². The van der Waals surface area contributed by atoms with E-state index < -0.39 is 0 Å². The van der Waals surface area contributed by atoms with Crippen LogP contribution in [-0.4, -0.2) is 0 Å². The molecule has 0 unspecified atom stereocenters. The Balaban J connectivity index is 0.659. The number of hydrogen-bond acceptors (Lipinski definition) is 2. The van der Waals surface area contributed by atoms with Gasteiger partial charge in [-0.05, 0) is 195 Å². The molecule has 0 aromatic heterocycles. The Morgan fingerprint density at radius 3 is 0.951 bits per heavy atom. The van der Waals surface area contributed by atoms with Gasteiger partial charge in [0.2, 0.25) is 0 Å². The van der Waals surface area contributed by atoms with E-state index in [1.165, 1.54) is 110 Å². The Bertz CT molecular complexity index is 4450. The minimum Gasteiger partial charge on any atom is -0.310 e. The summed E-state index contributed by atoms with van der Waals surface area (Å²) >= 11 is 0. The first-order valence-electron chi connectivity index (χ1n) is 28.7. The second kappa shape index (κ2) is 19.4. The normalized spacial score (nSPS) is 13.7. The summed E-state index contributed by atoms with van der Waals surface area (Å²) in [6.45, 7) is 9.50. The molecule has 0 N–H and O–H groups in total. The molecule has 13 aromatic carbocycles. The van der Waals surface area contributed by atoms with Crippen molar-refractivity contribution < 1.29 is 0 Å². The van der Waals surface area contributed by atoms with E-state index in [1.54, 1.807) is 0 Å². The predicted molar refractivity (Wildman–Crippen MR) is 352 cm³/mol. The molecule has 13 aromatic rings. The second-order valence-corrected chi connectivity index (χ2v) is 23.4. The van der Waals surface area contributed by atoms with E-state index in [9.17, 15) is 0 Å². The summed E-state index contributed by atoms with van der Waals surface area (Å²) in [5, 5.41) is 9.95. The van der Waals surface area contributed by atoms with Crippen molar-refractivity contribution in [3.8, 4) is 22.3 Å². The van der Waals surface area contributed by atoms with Gasteiger partial charge in [0.05, 0.1) is 0 Å². The maximum absolute atomic E-state index is 2.42. The molecule has 82 heavy (non-hydrogen) atoms. The zero-order valence-electron chi connectivity index (χ0n) is 46.6. The Morgan fingerprint density at radius 2 is 0.537 bits per heavy atom. The molecule has 2 aliphatic carbocycles. The second-order valence-electron chi connectivity index (χ2n) is 23.4. The highest BCUT2D eigenvalue weighted by Gasteiger charge is 2.38. The van der Waals surface area contributed by atoms with Gasteiger partial charge in [-0.15, -0.1) is 0 Å². The molecule has 0 amide bonds. The summed E-state index contributed by atoms with van der Waals surface area (Å²) < 4.78 is 0. The Kier molecular flexibility index (Phi) is 11.6. The quantitative estimate of drug-likeness (QED) is 0.0995. The number of rotatable bonds is 10. The Hall–Kier alpha value is -10.0. The lowest BCUT2D eigenvalue weighted by molar-refractivity contribution is 0.660. The molecule has 0 heterocycles. The molecule has 15 rings (SSSR count).